The molecule has 4 heterocycles. The molecule has 0 spiro atoms. The van der Waals surface area contributed by atoms with Gasteiger partial charge in [-0.05, 0) is 56.3 Å². The molecule has 1 aromatic heterocycles. The molecule has 1 saturated carbocycles. The number of aryl methyl sites for hydroxylation is 1. The van der Waals surface area contributed by atoms with E-state index in [2.05, 4.69) is 71.3 Å². The van der Waals surface area contributed by atoms with E-state index < -0.39 is 0 Å². The number of fused-ring (bicyclic) bond motifs is 3. The summed E-state index contributed by atoms with van der Waals surface area (Å²) >= 11 is 0. The van der Waals surface area contributed by atoms with E-state index in [0.717, 1.165) is 38.2 Å². The van der Waals surface area contributed by atoms with Crippen LogP contribution in [0.1, 0.15) is 56.6 Å². The van der Waals surface area contributed by atoms with Crippen molar-refractivity contribution in [1.82, 2.24) is 20.0 Å². The molecule has 4 fully saturated rings. The molecule has 4 unspecified atom stereocenters. The second-order valence-corrected chi connectivity index (χ2v) is 10.6. The summed E-state index contributed by atoms with van der Waals surface area (Å²) < 4.78 is 2.10. The van der Waals surface area contributed by atoms with Crippen molar-refractivity contribution in [3.8, 4) is 11.3 Å². The highest BCUT2D eigenvalue weighted by Gasteiger charge is 2.42. The van der Waals surface area contributed by atoms with Gasteiger partial charge in [0.2, 0.25) is 5.91 Å². The lowest BCUT2D eigenvalue weighted by Crippen LogP contribution is -2.56. The molecule has 4 aliphatic rings. The van der Waals surface area contributed by atoms with Crippen LogP contribution in [0.4, 0.5) is 5.69 Å². The fraction of sp³-hybridized carbons (Fsp3) is 0.630. The molecule has 6 rings (SSSR count). The van der Waals surface area contributed by atoms with Gasteiger partial charge in [0.15, 0.2) is 0 Å². The van der Waals surface area contributed by atoms with Crippen molar-refractivity contribution in [3.63, 3.8) is 0 Å². The highest BCUT2D eigenvalue weighted by Crippen LogP contribution is 2.42. The molecule has 33 heavy (non-hydrogen) atoms. The van der Waals surface area contributed by atoms with Gasteiger partial charge >= 0.3 is 0 Å². The summed E-state index contributed by atoms with van der Waals surface area (Å²) in [6.07, 6.45) is 8.29. The lowest BCUT2D eigenvalue weighted by molar-refractivity contribution is -0.126. The van der Waals surface area contributed by atoms with Crippen LogP contribution in [-0.2, 0) is 11.8 Å². The quantitative estimate of drug-likeness (QED) is 0.724. The fourth-order valence-electron chi connectivity index (χ4n) is 6.31. The second-order valence-electron chi connectivity index (χ2n) is 10.6. The molecule has 1 amide bonds. The number of piperidine rings is 3. The summed E-state index contributed by atoms with van der Waals surface area (Å²) in [6, 6.07) is 11.4. The highest BCUT2D eigenvalue weighted by molar-refractivity contribution is 5.78. The van der Waals surface area contributed by atoms with Gasteiger partial charge in [0.05, 0.1) is 5.69 Å². The largest absolute Gasteiger partial charge is 0.378 e. The van der Waals surface area contributed by atoms with Gasteiger partial charge in [0.25, 0.3) is 0 Å². The molecule has 2 aromatic rings. The van der Waals surface area contributed by atoms with Crippen LogP contribution in [0.3, 0.4) is 0 Å². The highest BCUT2D eigenvalue weighted by atomic mass is 16.1. The summed E-state index contributed by atoms with van der Waals surface area (Å²) in [7, 11) is 6.22. The Hall–Kier alpha value is -2.34. The summed E-state index contributed by atoms with van der Waals surface area (Å²) in [5, 5.41) is 8.18. The van der Waals surface area contributed by atoms with E-state index in [1.807, 2.05) is 0 Å². The smallest absolute Gasteiger partial charge is 0.223 e. The van der Waals surface area contributed by atoms with Gasteiger partial charge in [-0.3, -0.25) is 14.4 Å². The number of benzene rings is 1. The third-order valence-corrected chi connectivity index (χ3v) is 8.34. The Balaban J connectivity index is 1.23. The maximum Gasteiger partial charge on any atom is 0.223 e. The average molecular weight is 450 g/mol. The van der Waals surface area contributed by atoms with Gasteiger partial charge in [-0.25, -0.2) is 0 Å². The van der Waals surface area contributed by atoms with Gasteiger partial charge in [-0.15, -0.1) is 0 Å². The summed E-state index contributed by atoms with van der Waals surface area (Å²) in [4.78, 5) is 17.4. The molecular weight excluding hydrogens is 410 g/mol. The molecule has 1 aliphatic carbocycles. The molecule has 3 saturated heterocycles. The Kier molecular flexibility index (Phi) is 6.46. The number of amides is 1. The number of carbonyl (C=O) groups is 1. The number of nitrogens with zero attached hydrogens (tertiary/aromatic N) is 4. The van der Waals surface area contributed by atoms with E-state index in [-0.39, 0.29) is 5.92 Å². The summed E-state index contributed by atoms with van der Waals surface area (Å²) in [5.74, 6) is 1.75. The summed E-state index contributed by atoms with van der Waals surface area (Å²) in [6.45, 7) is 3.04. The third kappa shape index (κ3) is 4.68. The molecule has 1 aromatic carbocycles. The molecular formula is C27H39N5O. The van der Waals surface area contributed by atoms with Crippen LogP contribution in [0.15, 0.2) is 30.3 Å². The topological polar surface area (TPSA) is 53.4 Å². The van der Waals surface area contributed by atoms with Crippen molar-refractivity contribution in [2.45, 2.75) is 56.9 Å². The van der Waals surface area contributed by atoms with Gasteiger partial charge in [-0.2, -0.15) is 5.10 Å². The molecule has 3 aliphatic heterocycles. The van der Waals surface area contributed by atoms with Crippen LogP contribution in [0.25, 0.3) is 11.3 Å². The number of aromatic nitrogens is 2. The van der Waals surface area contributed by atoms with E-state index in [4.69, 9.17) is 5.10 Å². The van der Waals surface area contributed by atoms with Crippen molar-refractivity contribution in [1.29, 1.82) is 0 Å². The predicted octanol–water partition coefficient (Wildman–Crippen LogP) is 4.03. The number of hydrogen-bond donors (Lipinski definition) is 1. The Labute approximate surface area is 198 Å². The van der Waals surface area contributed by atoms with Crippen molar-refractivity contribution < 1.29 is 4.79 Å². The first-order chi connectivity index (χ1) is 16.0. The Morgan fingerprint density at radius 3 is 2.55 bits per heavy atom. The van der Waals surface area contributed by atoms with Crippen molar-refractivity contribution in [2.24, 2.45) is 18.9 Å². The minimum Gasteiger partial charge on any atom is -0.378 e. The monoisotopic (exact) mass is 449 g/mol. The zero-order valence-electron chi connectivity index (χ0n) is 20.5. The van der Waals surface area contributed by atoms with Crippen LogP contribution >= 0.6 is 0 Å². The minimum atomic E-state index is 0.252. The van der Waals surface area contributed by atoms with Crippen molar-refractivity contribution in [3.05, 3.63) is 36.0 Å². The van der Waals surface area contributed by atoms with Crippen LogP contribution in [0.2, 0.25) is 0 Å². The van der Waals surface area contributed by atoms with Crippen molar-refractivity contribution in [2.75, 3.05) is 38.6 Å². The maximum absolute atomic E-state index is 12.6. The first-order valence-corrected chi connectivity index (χ1v) is 12.8. The van der Waals surface area contributed by atoms with Crippen LogP contribution in [-0.4, -0.2) is 60.4 Å². The number of hydrogen-bond acceptors (Lipinski definition) is 4. The molecule has 0 radical (unpaired) electrons. The van der Waals surface area contributed by atoms with E-state index in [9.17, 15) is 4.79 Å². The van der Waals surface area contributed by atoms with Gasteiger partial charge in [0, 0.05) is 69.1 Å². The van der Waals surface area contributed by atoms with Gasteiger partial charge in [-0.1, -0.05) is 31.4 Å². The molecule has 6 nitrogen and oxygen atoms in total. The number of anilines is 1. The Morgan fingerprint density at radius 2 is 1.88 bits per heavy atom. The summed E-state index contributed by atoms with van der Waals surface area (Å²) in [5.41, 5.74) is 4.78. The number of rotatable bonds is 6. The van der Waals surface area contributed by atoms with Crippen LogP contribution in [0, 0.1) is 11.8 Å². The molecule has 1 N–H and O–H groups in total. The van der Waals surface area contributed by atoms with E-state index in [1.54, 1.807) is 0 Å². The first-order valence-electron chi connectivity index (χ1n) is 12.8. The first kappa shape index (κ1) is 22.5. The van der Waals surface area contributed by atoms with E-state index in [1.165, 1.54) is 49.0 Å². The minimum absolute atomic E-state index is 0.252. The third-order valence-electron chi connectivity index (χ3n) is 8.34. The fourth-order valence-corrected chi connectivity index (χ4v) is 6.31. The predicted molar refractivity (Wildman–Crippen MR) is 133 cm³/mol. The maximum atomic E-state index is 12.6. The lowest BCUT2D eigenvalue weighted by Gasteiger charge is -2.50. The Bertz CT molecular complexity index is 959. The second kappa shape index (κ2) is 9.49. The molecule has 178 valence electrons. The normalized spacial score (nSPS) is 27.5. The van der Waals surface area contributed by atoms with Gasteiger partial charge < -0.3 is 10.2 Å². The molecule has 6 heteroatoms. The van der Waals surface area contributed by atoms with E-state index in [0.29, 0.717) is 23.8 Å². The van der Waals surface area contributed by atoms with Gasteiger partial charge in [0.1, 0.15) is 0 Å². The van der Waals surface area contributed by atoms with E-state index >= 15 is 0 Å². The Morgan fingerprint density at radius 1 is 1.12 bits per heavy atom. The lowest BCUT2D eigenvalue weighted by atomic mass is 9.74. The molecule has 4 atom stereocenters. The zero-order chi connectivity index (χ0) is 22.9. The number of nitrogens with one attached hydrogen (secondary N) is 1. The van der Waals surface area contributed by atoms with Crippen LogP contribution in [0.5, 0.6) is 0 Å². The standard InChI is InChI=1S/C27H39N5O/c1-30(2)22-11-9-19(10-12-22)25-16-26(31(3)29-25)24-18-32-14-13-21(24)15-23(32)17-28-27(33)20-7-5-4-6-8-20/h9-12,16,20-21,23-24H,4-8,13-15,17-18H2,1-3H3,(H,28,33). The SMILES string of the molecule is CN(C)c1ccc(-c2cc(C3CN4CCC3CC4CNC(=O)C3CCCCC3)n(C)n2)cc1. The average Bonchev–Trinajstić information content (AvgIpc) is 3.25. The number of carbonyl (C=O) groups excluding carboxylic acids is 1. The molecule has 2 bridgehead atoms. The van der Waals surface area contributed by atoms with Crippen LogP contribution < -0.4 is 10.2 Å². The zero-order valence-corrected chi connectivity index (χ0v) is 20.5. The van der Waals surface area contributed by atoms with Crippen molar-refractivity contribution >= 4 is 11.6 Å².